The van der Waals surface area contributed by atoms with Crippen molar-refractivity contribution in [2.24, 2.45) is 5.92 Å². The van der Waals surface area contributed by atoms with Gasteiger partial charge >= 0.3 is 0 Å². The number of rotatable bonds is 2. The highest BCUT2D eigenvalue weighted by Crippen LogP contribution is 2.27. The maximum Gasteiger partial charge on any atom is 0.253 e. The Morgan fingerprint density at radius 2 is 1.91 bits per heavy atom. The maximum atomic E-state index is 12.6. The SMILES string of the molecule is CC1CCN(C(=O)c2cccc(N3C(=O)CCS3(=O)=O)c2)CC1. The third-order valence-electron chi connectivity index (χ3n) is 4.48. The van der Waals surface area contributed by atoms with E-state index in [4.69, 9.17) is 0 Å². The fourth-order valence-electron chi connectivity index (χ4n) is 3.03. The Morgan fingerprint density at radius 3 is 2.52 bits per heavy atom. The molecule has 23 heavy (non-hydrogen) atoms. The molecule has 2 amide bonds. The number of carbonyl (C=O) groups is 2. The molecule has 2 saturated heterocycles. The van der Waals surface area contributed by atoms with Crippen molar-refractivity contribution in [2.75, 3.05) is 23.1 Å². The van der Waals surface area contributed by atoms with E-state index in [1.54, 1.807) is 23.1 Å². The Labute approximate surface area is 136 Å². The summed E-state index contributed by atoms with van der Waals surface area (Å²) in [6.45, 7) is 3.60. The minimum Gasteiger partial charge on any atom is -0.339 e. The average molecular weight is 336 g/mol. The summed E-state index contributed by atoms with van der Waals surface area (Å²) in [6, 6.07) is 6.34. The molecule has 3 rings (SSSR count). The van der Waals surface area contributed by atoms with E-state index >= 15 is 0 Å². The van der Waals surface area contributed by atoms with E-state index < -0.39 is 15.9 Å². The van der Waals surface area contributed by atoms with Crippen molar-refractivity contribution in [1.82, 2.24) is 4.90 Å². The van der Waals surface area contributed by atoms with Crippen molar-refractivity contribution >= 4 is 27.5 Å². The van der Waals surface area contributed by atoms with Crippen LogP contribution in [-0.4, -0.2) is 44.0 Å². The van der Waals surface area contributed by atoms with Gasteiger partial charge in [-0.2, -0.15) is 0 Å². The van der Waals surface area contributed by atoms with Crippen molar-refractivity contribution < 1.29 is 18.0 Å². The minimum absolute atomic E-state index is 0.00940. The molecule has 0 aliphatic carbocycles. The van der Waals surface area contributed by atoms with Gasteiger partial charge in [-0.3, -0.25) is 9.59 Å². The zero-order valence-electron chi connectivity index (χ0n) is 13.1. The number of piperidine rings is 1. The van der Waals surface area contributed by atoms with E-state index in [1.165, 1.54) is 6.07 Å². The molecule has 0 N–H and O–H groups in total. The molecule has 0 aromatic heterocycles. The van der Waals surface area contributed by atoms with Gasteiger partial charge in [0.25, 0.3) is 5.91 Å². The molecule has 0 unspecified atom stereocenters. The Hall–Kier alpha value is -1.89. The summed E-state index contributed by atoms with van der Waals surface area (Å²) in [7, 11) is -3.61. The molecule has 0 radical (unpaired) electrons. The standard InChI is InChI=1S/C16H20N2O4S/c1-12-5-8-17(9-6-12)16(20)13-3-2-4-14(11-13)18-15(19)7-10-23(18,21)22/h2-4,11-12H,5-10H2,1H3. The van der Waals surface area contributed by atoms with E-state index in [9.17, 15) is 18.0 Å². The van der Waals surface area contributed by atoms with Crippen LogP contribution in [0.5, 0.6) is 0 Å². The van der Waals surface area contributed by atoms with Gasteiger partial charge < -0.3 is 4.90 Å². The summed E-state index contributed by atoms with van der Waals surface area (Å²) in [6.07, 6.45) is 1.94. The first kappa shape index (κ1) is 16.0. The van der Waals surface area contributed by atoms with Crippen LogP contribution in [0.15, 0.2) is 24.3 Å². The number of benzene rings is 1. The molecule has 6 nitrogen and oxygen atoms in total. The topological polar surface area (TPSA) is 74.8 Å². The van der Waals surface area contributed by atoms with E-state index in [-0.39, 0.29) is 23.8 Å². The fraction of sp³-hybridized carbons (Fsp3) is 0.500. The molecule has 2 heterocycles. The van der Waals surface area contributed by atoms with Gasteiger partial charge in [0.1, 0.15) is 0 Å². The van der Waals surface area contributed by atoms with Crippen molar-refractivity contribution in [3.63, 3.8) is 0 Å². The van der Waals surface area contributed by atoms with Crippen LogP contribution in [0.1, 0.15) is 36.5 Å². The fourth-order valence-corrected chi connectivity index (χ4v) is 4.48. The van der Waals surface area contributed by atoms with Crippen LogP contribution in [0.2, 0.25) is 0 Å². The Bertz CT molecular complexity index is 736. The molecule has 1 aromatic rings. The number of anilines is 1. The first-order valence-corrected chi connectivity index (χ1v) is 9.44. The normalized spacial score (nSPS) is 21.7. The van der Waals surface area contributed by atoms with Gasteiger partial charge in [0.2, 0.25) is 15.9 Å². The second kappa shape index (κ2) is 5.96. The predicted octanol–water partition coefficient (Wildman–Crippen LogP) is 1.63. The zero-order valence-corrected chi connectivity index (χ0v) is 13.9. The van der Waals surface area contributed by atoms with Gasteiger partial charge in [-0.05, 0) is 37.0 Å². The van der Waals surface area contributed by atoms with Crippen LogP contribution in [0, 0.1) is 5.92 Å². The second-order valence-corrected chi connectivity index (χ2v) is 8.19. The van der Waals surface area contributed by atoms with E-state index in [0.717, 1.165) is 17.1 Å². The maximum absolute atomic E-state index is 12.6. The van der Waals surface area contributed by atoms with Crippen LogP contribution in [-0.2, 0) is 14.8 Å². The predicted molar refractivity (Wildman–Crippen MR) is 86.6 cm³/mol. The molecule has 2 fully saturated rings. The van der Waals surface area contributed by atoms with Gasteiger partial charge in [0.05, 0.1) is 11.4 Å². The lowest BCUT2D eigenvalue weighted by Crippen LogP contribution is -2.38. The highest BCUT2D eigenvalue weighted by atomic mass is 32.2. The molecule has 2 aliphatic heterocycles. The second-order valence-electron chi connectivity index (χ2n) is 6.25. The lowest BCUT2D eigenvalue weighted by Gasteiger charge is -2.30. The molecular weight excluding hydrogens is 316 g/mol. The minimum atomic E-state index is -3.61. The van der Waals surface area contributed by atoms with Gasteiger partial charge in [0, 0.05) is 25.1 Å². The highest BCUT2D eigenvalue weighted by Gasteiger charge is 2.36. The number of hydrogen-bond donors (Lipinski definition) is 0. The molecule has 2 aliphatic rings. The van der Waals surface area contributed by atoms with Crippen molar-refractivity contribution in [3.05, 3.63) is 29.8 Å². The van der Waals surface area contributed by atoms with Crippen molar-refractivity contribution in [1.29, 1.82) is 0 Å². The molecule has 0 saturated carbocycles. The monoisotopic (exact) mass is 336 g/mol. The lowest BCUT2D eigenvalue weighted by atomic mass is 9.98. The molecular formula is C16H20N2O4S. The lowest BCUT2D eigenvalue weighted by molar-refractivity contribution is -0.116. The summed E-state index contributed by atoms with van der Waals surface area (Å²) in [5, 5.41) is 0. The summed E-state index contributed by atoms with van der Waals surface area (Å²) in [5.41, 5.74) is 0.677. The largest absolute Gasteiger partial charge is 0.339 e. The number of hydrogen-bond acceptors (Lipinski definition) is 4. The van der Waals surface area contributed by atoms with Gasteiger partial charge in [-0.25, -0.2) is 12.7 Å². The highest BCUT2D eigenvalue weighted by molar-refractivity contribution is 7.94. The number of sulfonamides is 1. The molecule has 0 bridgehead atoms. The van der Waals surface area contributed by atoms with Crippen LogP contribution < -0.4 is 4.31 Å². The number of carbonyl (C=O) groups excluding carboxylic acids is 2. The Morgan fingerprint density at radius 1 is 1.22 bits per heavy atom. The van der Waals surface area contributed by atoms with Crippen LogP contribution >= 0.6 is 0 Å². The van der Waals surface area contributed by atoms with Crippen LogP contribution in [0.25, 0.3) is 0 Å². The van der Waals surface area contributed by atoms with Crippen LogP contribution in [0.4, 0.5) is 5.69 Å². The van der Waals surface area contributed by atoms with E-state index in [2.05, 4.69) is 6.92 Å². The molecule has 0 atom stereocenters. The number of likely N-dealkylation sites (tertiary alicyclic amines) is 1. The summed E-state index contributed by atoms with van der Waals surface area (Å²) in [4.78, 5) is 26.2. The smallest absolute Gasteiger partial charge is 0.253 e. The summed E-state index contributed by atoms with van der Waals surface area (Å²) >= 11 is 0. The van der Waals surface area contributed by atoms with E-state index in [0.29, 0.717) is 24.6 Å². The third-order valence-corrected chi connectivity index (χ3v) is 6.17. The third kappa shape index (κ3) is 3.10. The number of amides is 2. The molecule has 124 valence electrons. The average Bonchev–Trinajstić information content (AvgIpc) is 2.81. The molecule has 1 aromatic carbocycles. The van der Waals surface area contributed by atoms with Crippen LogP contribution in [0.3, 0.4) is 0 Å². The van der Waals surface area contributed by atoms with Gasteiger partial charge in [-0.1, -0.05) is 13.0 Å². The molecule has 7 heteroatoms. The number of nitrogens with zero attached hydrogens (tertiary/aromatic N) is 2. The van der Waals surface area contributed by atoms with Gasteiger partial charge in [-0.15, -0.1) is 0 Å². The van der Waals surface area contributed by atoms with E-state index in [1.807, 2.05) is 0 Å². The first-order chi connectivity index (χ1) is 10.9. The van der Waals surface area contributed by atoms with Gasteiger partial charge in [0.15, 0.2) is 0 Å². The quantitative estimate of drug-likeness (QED) is 0.822. The van der Waals surface area contributed by atoms with Crippen molar-refractivity contribution in [2.45, 2.75) is 26.2 Å². The molecule has 0 spiro atoms. The summed E-state index contributed by atoms with van der Waals surface area (Å²) < 4.78 is 24.8. The van der Waals surface area contributed by atoms with Crippen molar-refractivity contribution in [3.8, 4) is 0 Å². The summed E-state index contributed by atoms with van der Waals surface area (Å²) in [5.74, 6) is -0.101. The zero-order chi connectivity index (χ0) is 16.6. The first-order valence-electron chi connectivity index (χ1n) is 7.83. The Kier molecular flexibility index (Phi) is 4.14. The Balaban J connectivity index is 1.85.